The summed E-state index contributed by atoms with van der Waals surface area (Å²) < 4.78 is 13.5. The molecule has 0 saturated carbocycles. The van der Waals surface area contributed by atoms with Gasteiger partial charge in [-0.3, -0.25) is 0 Å². The molecule has 1 N–H and O–H groups in total. The SMILES string of the molecule is Fc1cccc2[nH]c(-c3cccc(Cl)c3)cc12. The summed E-state index contributed by atoms with van der Waals surface area (Å²) in [5.74, 6) is -0.216. The first-order chi connectivity index (χ1) is 8.24. The van der Waals surface area contributed by atoms with Crippen LogP contribution in [-0.2, 0) is 0 Å². The van der Waals surface area contributed by atoms with E-state index >= 15 is 0 Å². The van der Waals surface area contributed by atoms with Crippen molar-refractivity contribution >= 4 is 22.5 Å². The number of benzene rings is 2. The molecule has 0 radical (unpaired) electrons. The monoisotopic (exact) mass is 245 g/mol. The molecule has 0 bridgehead atoms. The second-order valence-corrected chi connectivity index (χ2v) is 4.33. The highest BCUT2D eigenvalue weighted by atomic mass is 35.5. The fourth-order valence-corrected chi connectivity index (χ4v) is 2.12. The Morgan fingerprint density at radius 3 is 2.59 bits per heavy atom. The van der Waals surface area contributed by atoms with Crippen molar-refractivity contribution in [2.45, 2.75) is 0 Å². The molecule has 0 atom stereocenters. The van der Waals surface area contributed by atoms with Crippen LogP contribution in [0.1, 0.15) is 0 Å². The highest BCUT2D eigenvalue weighted by molar-refractivity contribution is 6.30. The van der Waals surface area contributed by atoms with E-state index in [-0.39, 0.29) is 5.82 Å². The quantitative estimate of drug-likeness (QED) is 0.644. The number of rotatable bonds is 1. The highest BCUT2D eigenvalue weighted by Crippen LogP contribution is 2.27. The predicted molar refractivity (Wildman–Crippen MR) is 68.7 cm³/mol. The maximum Gasteiger partial charge on any atom is 0.132 e. The van der Waals surface area contributed by atoms with E-state index in [0.717, 1.165) is 16.8 Å². The lowest BCUT2D eigenvalue weighted by Crippen LogP contribution is -1.76. The van der Waals surface area contributed by atoms with Crippen LogP contribution < -0.4 is 0 Å². The van der Waals surface area contributed by atoms with Gasteiger partial charge in [-0.25, -0.2) is 4.39 Å². The van der Waals surface area contributed by atoms with Gasteiger partial charge in [0.1, 0.15) is 5.82 Å². The molecule has 0 aliphatic rings. The van der Waals surface area contributed by atoms with Gasteiger partial charge in [-0.15, -0.1) is 0 Å². The summed E-state index contributed by atoms with van der Waals surface area (Å²) in [5.41, 5.74) is 2.61. The molecule has 0 fully saturated rings. The van der Waals surface area contributed by atoms with E-state index in [9.17, 15) is 4.39 Å². The smallest absolute Gasteiger partial charge is 0.132 e. The Balaban J connectivity index is 2.22. The Morgan fingerprint density at radius 2 is 1.82 bits per heavy atom. The van der Waals surface area contributed by atoms with Crippen LogP contribution in [0.15, 0.2) is 48.5 Å². The van der Waals surface area contributed by atoms with Crippen molar-refractivity contribution < 1.29 is 4.39 Å². The van der Waals surface area contributed by atoms with E-state index in [1.807, 2.05) is 30.3 Å². The van der Waals surface area contributed by atoms with E-state index < -0.39 is 0 Å². The van der Waals surface area contributed by atoms with Crippen LogP contribution >= 0.6 is 11.6 Å². The lowest BCUT2D eigenvalue weighted by Gasteiger charge is -1.97. The van der Waals surface area contributed by atoms with Gasteiger partial charge >= 0.3 is 0 Å². The number of nitrogens with one attached hydrogen (secondary N) is 1. The molecule has 0 aliphatic heterocycles. The fraction of sp³-hybridized carbons (Fsp3) is 0. The van der Waals surface area contributed by atoms with Crippen molar-refractivity contribution in [1.29, 1.82) is 0 Å². The van der Waals surface area contributed by atoms with Crippen molar-refractivity contribution in [3.63, 3.8) is 0 Å². The number of fused-ring (bicyclic) bond motifs is 1. The number of aromatic amines is 1. The van der Waals surface area contributed by atoms with Crippen molar-refractivity contribution in [2.24, 2.45) is 0 Å². The van der Waals surface area contributed by atoms with Gasteiger partial charge in [0.2, 0.25) is 0 Å². The lowest BCUT2D eigenvalue weighted by molar-refractivity contribution is 0.640. The molecule has 3 rings (SSSR count). The first-order valence-electron chi connectivity index (χ1n) is 5.27. The maximum atomic E-state index is 13.5. The van der Waals surface area contributed by atoms with Gasteiger partial charge < -0.3 is 4.98 Å². The standard InChI is InChI=1S/C14H9ClFN/c15-10-4-1-3-9(7-10)14-8-11-12(16)5-2-6-13(11)17-14/h1-8,17H. The molecule has 17 heavy (non-hydrogen) atoms. The van der Waals surface area contributed by atoms with Crippen LogP contribution in [0.2, 0.25) is 5.02 Å². The zero-order chi connectivity index (χ0) is 11.8. The molecule has 0 unspecified atom stereocenters. The van der Waals surface area contributed by atoms with Crippen LogP contribution in [-0.4, -0.2) is 4.98 Å². The average molecular weight is 246 g/mol. The first-order valence-corrected chi connectivity index (χ1v) is 5.65. The van der Waals surface area contributed by atoms with Gasteiger partial charge in [0.05, 0.1) is 0 Å². The van der Waals surface area contributed by atoms with Gasteiger partial charge in [-0.05, 0) is 35.9 Å². The van der Waals surface area contributed by atoms with Crippen LogP contribution in [0.25, 0.3) is 22.2 Å². The minimum atomic E-state index is -0.216. The Morgan fingerprint density at radius 1 is 1.00 bits per heavy atom. The van der Waals surface area contributed by atoms with Gasteiger partial charge in [-0.1, -0.05) is 29.8 Å². The van der Waals surface area contributed by atoms with E-state index in [1.165, 1.54) is 6.07 Å². The number of hydrogen-bond donors (Lipinski definition) is 1. The van der Waals surface area contributed by atoms with E-state index in [4.69, 9.17) is 11.6 Å². The number of hydrogen-bond acceptors (Lipinski definition) is 0. The molecular weight excluding hydrogens is 237 g/mol. The Hall–Kier alpha value is -1.80. The normalized spacial score (nSPS) is 10.9. The minimum absolute atomic E-state index is 0.216. The van der Waals surface area contributed by atoms with Crippen LogP contribution in [0.3, 0.4) is 0 Å². The molecule has 1 aromatic heterocycles. The Labute approximate surface area is 103 Å². The summed E-state index contributed by atoms with van der Waals surface area (Å²) in [4.78, 5) is 3.18. The number of halogens is 2. The zero-order valence-electron chi connectivity index (χ0n) is 8.87. The molecule has 3 aromatic rings. The van der Waals surface area contributed by atoms with Gasteiger partial charge in [0.25, 0.3) is 0 Å². The Kier molecular flexibility index (Phi) is 2.37. The minimum Gasteiger partial charge on any atom is -0.354 e. The summed E-state index contributed by atoms with van der Waals surface area (Å²) in [6.45, 7) is 0. The highest BCUT2D eigenvalue weighted by Gasteiger charge is 2.06. The van der Waals surface area contributed by atoms with Gasteiger partial charge in [-0.2, -0.15) is 0 Å². The molecule has 0 aliphatic carbocycles. The molecule has 2 aromatic carbocycles. The average Bonchev–Trinajstić information content (AvgIpc) is 2.74. The third kappa shape index (κ3) is 1.81. The fourth-order valence-electron chi connectivity index (χ4n) is 1.93. The molecule has 0 spiro atoms. The van der Waals surface area contributed by atoms with Crippen molar-refractivity contribution in [2.75, 3.05) is 0 Å². The Bertz CT molecular complexity index is 688. The molecule has 0 amide bonds. The van der Waals surface area contributed by atoms with E-state index in [2.05, 4.69) is 4.98 Å². The van der Waals surface area contributed by atoms with Crippen LogP contribution in [0.4, 0.5) is 4.39 Å². The molecule has 0 saturated heterocycles. The van der Waals surface area contributed by atoms with Gasteiger partial charge in [0, 0.05) is 21.6 Å². The molecule has 1 heterocycles. The third-order valence-electron chi connectivity index (χ3n) is 2.75. The zero-order valence-corrected chi connectivity index (χ0v) is 9.63. The van der Waals surface area contributed by atoms with E-state index in [0.29, 0.717) is 10.4 Å². The maximum absolute atomic E-state index is 13.5. The second kappa shape index (κ2) is 3.90. The third-order valence-corrected chi connectivity index (χ3v) is 2.98. The molecular formula is C14H9ClFN. The predicted octanol–water partition coefficient (Wildman–Crippen LogP) is 4.63. The van der Waals surface area contributed by atoms with Crippen molar-refractivity contribution in [1.82, 2.24) is 4.98 Å². The summed E-state index contributed by atoms with van der Waals surface area (Å²) in [6, 6.07) is 14.3. The van der Waals surface area contributed by atoms with Crippen LogP contribution in [0.5, 0.6) is 0 Å². The number of H-pyrrole nitrogens is 1. The van der Waals surface area contributed by atoms with E-state index in [1.54, 1.807) is 12.1 Å². The summed E-state index contributed by atoms with van der Waals surface area (Å²) in [6.07, 6.45) is 0. The van der Waals surface area contributed by atoms with Crippen LogP contribution in [0, 0.1) is 5.82 Å². The van der Waals surface area contributed by atoms with Crippen molar-refractivity contribution in [3.05, 3.63) is 59.4 Å². The summed E-state index contributed by atoms with van der Waals surface area (Å²) >= 11 is 5.94. The molecule has 84 valence electrons. The summed E-state index contributed by atoms with van der Waals surface area (Å²) in [5, 5.41) is 1.27. The molecule has 3 heteroatoms. The lowest BCUT2D eigenvalue weighted by atomic mass is 10.1. The second-order valence-electron chi connectivity index (χ2n) is 3.89. The molecule has 1 nitrogen and oxygen atoms in total. The topological polar surface area (TPSA) is 15.8 Å². The van der Waals surface area contributed by atoms with Gasteiger partial charge in [0.15, 0.2) is 0 Å². The summed E-state index contributed by atoms with van der Waals surface area (Å²) in [7, 11) is 0. The van der Waals surface area contributed by atoms with Crippen molar-refractivity contribution in [3.8, 4) is 11.3 Å². The largest absolute Gasteiger partial charge is 0.354 e. The number of aromatic nitrogens is 1. The first kappa shape index (κ1) is 10.4.